The molecule has 2 aliphatic heterocycles. The average Bonchev–Trinajstić information content (AvgIpc) is 3.33. The van der Waals surface area contributed by atoms with Crippen molar-refractivity contribution in [3.63, 3.8) is 0 Å². The molecule has 2 N–H and O–H groups in total. The molecule has 5 nitrogen and oxygen atoms in total. The Bertz CT molecular complexity index is 1370. The summed E-state index contributed by atoms with van der Waals surface area (Å²) in [5.74, 6) is 5.13. The van der Waals surface area contributed by atoms with Crippen molar-refractivity contribution in [2.45, 2.75) is 39.3 Å². The Morgan fingerprint density at radius 2 is 1.86 bits per heavy atom. The fourth-order valence-corrected chi connectivity index (χ4v) is 5.32. The number of allylic oxidation sites excluding steroid dienone is 1. The summed E-state index contributed by atoms with van der Waals surface area (Å²) in [6, 6.07) is 18.6. The first-order valence-electron chi connectivity index (χ1n) is 12.8. The predicted octanol–water partition coefficient (Wildman–Crippen LogP) is 6.25. The highest BCUT2D eigenvalue weighted by Crippen LogP contribution is 2.48. The van der Waals surface area contributed by atoms with Crippen molar-refractivity contribution in [3.05, 3.63) is 82.9 Å². The summed E-state index contributed by atoms with van der Waals surface area (Å²) in [5, 5.41) is 20.5. The molecular weight excluding hydrogens is 462 g/mol. The number of phenolic OH excluding ortho intramolecular Hbond substituents is 2. The summed E-state index contributed by atoms with van der Waals surface area (Å²) in [5.41, 5.74) is 4.95. The molecule has 2 heterocycles. The van der Waals surface area contributed by atoms with E-state index in [1.165, 1.54) is 6.42 Å². The Kier molecular flexibility index (Phi) is 6.86. The molecule has 3 aromatic carbocycles. The van der Waals surface area contributed by atoms with Crippen LogP contribution in [0.25, 0.3) is 11.1 Å². The van der Waals surface area contributed by atoms with Gasteiger partial charge in [0.25, 0.3) is 0 Å². The van der Waals surface area contributed by atoms with Crippen molar-refractivity contribution in [1.82, 2.24) is 4.90 Å². The third kappa shape index (κ3) is 5.16. The van der Waals surface area contributed by atoms with E-state index in [0.29, 0.717) is 24.0 Å². The maximum absolute atomic E-state index is 10.4. The van der Waals surface area contributed by atoms with E-state index in [-0.39, 0.29) is 11.5 Å². The van der Waals surface area contributed by atoms with Crippen LogP contribution >= 0.6 is 0 Å². The lowest BCUT2D eigenvalue weighted by Crippen LogP contribution is -2.35. The molecule has 0 saturated carbocycles. The summed E-state index contributed by atoms with van der Waals surface area (Å²) in [6.07, 6.45) is 6.47. The largest absolute Gasteiger partial charge is 0.508 e. The van der Waals surface area contributed by atoms with Gasteiger partial charge in [0.15, 0.2) is 0 Å². The van der Waals surface area contributed by atoms with Crippen LogP contribution in [-0.2, 0) is 0 Å². The van der Waals surface area contributed by atoms with Crippen molar-refractivity contribution in [2.24, 2.45) is 5.92 Å². The maximum Gasteiger partial charge on any atom is 0.150 e. The monoisotopic (exact) mass is 495 g/mol. The van der Waals surface area contributed by atoms with Gasteiger partial charge in [0, 0.05) is 29.3 Å². The van der Waals surface area contributed by atoms with Crippen molar-refractivity contribution in [3.8, 4) is 35.3 Å². The summed E-state index contributed by atoms with van der Waals surface area (Å²) in [7, 11) is 0. The number of benzene rings is 3. The van der Waals surface area contributed by atoms with Gasteiger partial charge in [-0.05, 0) is 98.0 Å². The Hall–Kier alpha value is -3.88. The van der Waals surface area contributed by atoms with Crippen LogP contribution < -0.4 is 9.47 Å². The molecular formula is C32H33NO4. The number of nitrogens with zero attached hydrogens (tertiary/aromatic N) is 1. The molecule has 1 fully saturated rings. The van der Waals surface area contributed by atoms with Gasteiger partial charge in [0.2, 0.25) is 0 Å². The molecule has 3 unspecified atom stereocenters. The minimum absolute atomic E-state index is 0.0940. The average molecular weight is 496 g/mol. The third-order valence-corrected chi connectivity index (χ3v) is 7.43. The van der Waals surface area contributed by atoms with Crippen LogP contribution in [0.4, 0.5) is 0 Å². The molecule has 0 amide bonds. The van der Waals surface area contributed by atoms with E-state index < -0.39 is 6.10 Å². The fourth-order valence-electron chi connectivity index (χ4n) is 5.32. The fraction of sp³-hybridized carbons (Fsp3) is 0.312. The van der Waals surface area contributed by atoms with Crippen LogP contribution in [0.2, 0.25) is 0 Å². The third-order valence-electron chi connectivity index (χ3n) is 7.43. The first-order valence-corrected chi connectivity index (χ1v) is 12.8. The van der Waals surface area contributed by atoms with E-state index in [4.69, 9.17) is 15.9 Å². The Morgan fingerprint density at radius 3 is 2.57 bits per heavy atom. The molecule has 0 spiro atoms. The van der Waals surface area contributed by atoms with E-state index in [0.717, 1.165) is 52.6 Å². The lowest BCUT2D eigenvalue weighted by Gasteiger charge is -2.31. The van der Waals surface area contributed by atoms with Crippen molar-refractivity contribution < 1.29 is 19.7 Å². The lowest BCUT2D eigenvalue weighted by molar-refractivity contribution is 0.169. The second-order valence-electron chi connectivity index (χ2n) is 10.2. The SMILES string of the molecule is C#Cc1cc(O)cc(C2=C(C)c3cc(O)ccc3OC2c2ccc(OCC(C)N3CCC(C)C3)cc2)c1. The zero-order valence-corrected chi connectivity index (χ0v) is 21.6. The number of phenols is 2. The van der Waals surface area contributed by atoms with Gasteiger partial charge in [-0.1, -0.05) is 25.0 Å². The number of ether oxygens (including phenoxy) is 2. The highest BCUT2D eigenvalue weighted by Gasteiger charge is 2.30. The van der Waals surface area contributed by atoms with Gasteiger partial charge in [-0.15, -0.1) is 6.42 Å². The number of terminal acetylenes is 1. The molecule has 1 saturated heterocycles. The van der Waals surface area contributed by atoms with Gasteiger partial charge in [-0.2, -0.15) is 0 Å². The molecule has 3 aromatic rings. The van der Waals surface area contributed by atoms with Gasteiger partial charge < -0.3 is 19.7 Å². The van der Waals surface area contributed by atoms with Crippen LogP contribution in [0.5, 0.6) is 23.0 Å². The number of hydrogen-bond donors (Lipinski definition) is 2. The zero-order chi connectivity index (χ0) is 26.1. The number of rotatable bonds is 6. The highest BCUT2D eigenvalue weighted by atomic mass is 16.5. The Labute approximate surface area is 219 Å². The molecule has 0 radical (unpaired) electrons. The number of likely N-dealkylation sites (tertiary alicyclic amines) is 1. The van der Waals surface area contributed by atoms with Crippen molar-refractivity contribution in [2.75, 3.05) is 19.7 Å². The van der Waals surface area contributed by atoms with E-state index >= 15 is 0 Å². The molecule has 3 atom stereocenters. The van der Waals surface area contributed by atoms with Gasteiger partial charge in [-0.3, -0.25) is 4.90 Å². The van der Waals surface area contributed by atoms with E-state index in [2.05, 4.69) is 24.7 Å². The standard InChI is InChI=1S/C32H33NO4/c1-5-23-14-25(16-27(35)15-23)31-22(4)29-17-26(34)8-11-30(29)37-32(31)24-6-9-28(10-7-24)36-19-21(3)33-13-12-20(2)18-33/h1,6-11,14-17,20-21,32,34-35H,12-13,18-19H2,2-4H3. The minimum atomic E-state index is -0.427. The molecule has 5 heteroatoms. The van der Waals surface area contributed by atoms with Crippen LogP contribution in [0, 0.1) is 18.3 Å². The second-order valence-corrected chi connectivity index (χ2v) is 10.2. The normalized spacial score (nSPS) is 20.2. The number of hydrogen-bond acceptors (Lipinski definition) is 5. The minimum Gasteiger partial charge on any atom is -0.508 e. The maximum atomic E-state index is 10.4. The van der Waals surface area contributed by atoms with Crippen LogP contribution in [-0.4, -0.2) is 40.9 Å². The number of aromatic hydroxyl groups is 2. The molecule has 37 heavy (non-hydrogen) atoms. The molecule has 0 aromatic heterocycles. The molecule has 2 aliphatic rings. The van der Waals surface area contributed by atoms with Crippen LogP contribution in [0.1, 0.15) is 55.5 Å². The van der Waals surface area contributed by atoms with Crippen LogP contribution in [0.3, 0.4) is 0 Å². The van der Waals surface area contributed by atoms with Gasteiger partial charge in [-0.25, -0.2) is 0 Å². The summed E-state index contributed by atoms with van der Waals surface area (Å²) < 4.78 is 12.6. The quantitative estimate of drug-likeness (QED) is 0.396. The van der Waals surface area contributed by atoms with Crippen LogP contribution in [0.15, 0.2) is 60.7 Å². The lowest BCUT2D eigenvalue weighted by atomic mass is 9.85. The van der Waals surface area contributed by atoms with E-state index in [1.807, 2.05) is 37.3 Å². The summed E-state index contributed by atoms with van der Waals surface area (Å²) in [6.45, 7) is 9.43. The highest BCUT2D eigenvalue weighted by molar-refractivity contribution is 5.96. The molecule has 5 rings (SSSR count). The van der Waals surface area contributed by atoms with Gasteiger partial charge in [0.05, 0.1) is 0 Å². The first-order chi connectivity index (χ1) is 17.8. The second kappa shape index (κ2) is 10.2. The molecule has 0 aliphatic carbocycles. The van der Waals surface area contributed by atoms with E-state index in [9.17, 15) is 10.2 Å². The predicted molar refractivity (Wildman–Crippen MR) is 147 cm³/mol. The van der Waals surface area contributed by atoms with Gasteiger partial charge >= 0.3 is 0 Å². The van der Waals surface area contributed by atoms with Gasteiger partial charge in [0.1, 0.15) is 35.7 Å². The van der Waals surface area contributed by atoms with Crippen molar-refractivity contribution >= 4 is 11.1 Å². The summed E-state index contributed by atoms with van der Waals surface area (Å²) in [4.78, 5) is 2.49. The summed E-state index contributed by atoms with van der Waals surface area (Å²) >= 11 is 0. The van der Waals surface area contributed by atoms with E-state index in [1.54, 1.807) is 30.3 Å². The molecule has 0 bridgehead atoms. The number of fused-ring (bicyclic) bond motifs is 1. The smallest absolute Gasteiger partial charge is 0.150 e. The topological polar surface area (TPSA) is 62.2 Å². The Morgan fingerprint density at radius 1 is 1.08 bits per heavy atom. The Balaban J connectivity index is 1.44. The van der Waals surface area contributed by atoms with Crippen molar-refractivity contribution in [1.29, 1.82) is 0 Å². The first kappa shape index (κ1) is 24.8. The molecule has 190 valence electrons. The zero-order valence-electron chi connectivity index (χ0n) is 21.6.